The van der Waals surface area contributed by atoms with Gasteiger partial charge in [0, 0.05) is 15.7 Å². The third-order valence-electron chi connectivity index (χ3n) is 2.33. The van der Waals surface area contributed by atoms with Crippen LogP contribution in [0.2, 0.25) is 0 Å². The first kappa shape index (κ1) is 11.0. The van der Waals surface area contributed by atoms with E-state index in [1.165, 1.54) is 0 Å². The Morgan fingerprint density at radius 2 is 1.75 bits per heavy atom. The van der Waals surface area contributed by atoms with E-state index in [4.69, 9.17) is 10.5 Å². The van der Waals surface area contributed by atoms with Crippen LogP contribution in [0.25, 0.3) is 0 Å². The summed E-state index contributed by atoms with van der Waals surface area (Å²) in [5.41, 5.74) is 7.43. The van der Waals surface area contributed by atoms with Crippen LogP contribution < -0.4 is 10.5 Å². The number of hydrogen-bond acceptors (Lipinski definition) is 2. The predicted molar refractivity (Wildman–Crippen MR) is 69.8 cm³/mol. The maximum atomic E-state index is 5.76. The molecule has 2 nitrogen and oxygen atoms in total. The van der Waals surface area contributed by atoms with Crippen molar-refractivity contribution in [2.75, 3.05) is 5.73 Å². The summed E-state index contributed by atoms with van der Waals surface area (Å²) in [7, 11) is 0. The summed E-state index contributed by atoms with van der Waals surface area (Å²) in [6, 6.07) is 13.2. The van der Waals surface area contributed by atoms with Crippen LogP contribution in [0.4, 0.5) is 5.69 Å². The first-order chi connectivity index (χ1) is 7.66. The molecular weight excluding hydrogens is 266 g/mol. The topological polar surface area (TPSA) is 35.2 Å². The SMILES string of the molecule is Cc1c(Br)cccc1Oc1ccc(N)cc1. The number of halogens is 1. The van der Waals surface area contributed by atoms with Crippen LogP contribution in [0.1, 0.15) is 5.56 Å². The Bertz CT molecular complexity index is 494. The average molecular weight is 278 g/mol. The number of nitrogens with two attached hydrogens (primary N) is 1. The summed E-state index contributed by atoms with van der Waals surface area (Å²) >= 11 is 3.47. The van der Waals surface area contributed by atoms with E-state index < -0.39 is 0 Å². The molecule has 82 valence electrons. The molecule has 0 saturated carbocycles. The third kappa shape index (κ3) is 2.36. The predicted octanol–water partition coefficient (Wildman–Crippen LogP) is 4.13. The van der Waals surface area contributed by atoms with Gasteiger partial charge in [-0.15, -0.1) is 0 Å². The number of rotatable bonds is 2. The van der Waals surface area contributed by atoms with Crippen LogP contribution in [-0.2, 0) is 0 Å². The van der Waals surface area contributed by atoms with Crippen molar-refractivity contribution in [1.29, 1.82) is 0 Å². The van der Waals surface area contributed by atoms with Crippen molar-refractivity contribution in [3.63, 3.8) is 0 Å². The van der Waals surface area contributed by atoms with E-state index in [9.17, 15) is 0 Å². The number of hydrogen-bond donors (Lipinski definition) is 1. The minimum absolute atomic E-state index is 0.735. The second kappa shape index (κ2) is 4.58. The van der Waals surface area contributed by atoms with E-state index in [-0.39, 0.29) is 0 Å². The molecule has 0 atom stereocenters. The molecule has 0 aliphatic heterocycles. The summed E-state index contributed by atoms with van der Waals surface area (Å²) in [6.07, 6.45) is 0. The fourth-order valence-corrected chi connectivity index (χ4v) is 1.71. The highest BCUT2D eigenvalue weighted by Gasteiger charge is 2.03. The molecule has 0 aliphatic rings. The lowest BCUT2D eigenvalue weighted by atomic mass is 10.2. The molecule has 0 unspecified atom stereocenters. The Hall–Kier alpha value is -1.48. The van der Waals surface area contributed by atoms with Crippen LogP contribution in [0.5, 0.6) is 11.5 Å². The minimum Gasteiger partial charge on any atom is -0.457 e. The number of ether oxygens (including phenoxy) is 1. The van der Waals surface area contributed by atoms with Gasteiger partial charge in [0.1, 0.15) is 11.5 Å². The average Bonchev–Trinajstić information content (AvgIpc) is 2.28. The quantitative estimate of drug-likeness (QED) is 0.838. The van der Waals surface area contributed by atoms with Gasteiger partial charge in [0.25, 0.3) is 0 Å². The molecule has 2 aromatic carbocycles. The van der Waals surface area contributed by atoms with Crippen molar-refractivity contribution in [2.45, 2.75) is 6.92 Å². The molecule has 0 heterocycles. The summed E-state index contributed by atoms with van der Waals surface area (Å²) in [5.74, 6) is 1.63. The van der Waals surface area contributed by atoms with Gasteiger partial charge >= 0.3 is 0 Å². The number of nitrogen functional groups attached to an aromatic ring is 1. The van der Waals surface area contributed by atoms with Crippen LogP contribution >= 0.6 is 15.9 Å². The zero-order valence-corrected chi connectivity index (χ0v) is 10.5. The monoisotopic (exact) mass is 277 g/mol. The molecule has 0 spiro atoms. The molecule has 0 aromatic heterocycles. The summed E-state index contributed by atoms with van der Waals surface area (Å²) in [4.78, 5) is 0. The van der Waals surface area contributed by atoms with Crippen LogP contribution in [-0.4, -0.2) is 0 Å². The maximum absolute atomic E-state index is 5.76. The van der Waals surface area contributed by atoms with Crippen molar-refractivity contribution in [2.24, 2.45) is 0 Å². The molecule has 0 amide bonds. The fourth-order valence-electron chi connectivity index (χ4n) is 1.36. The van der Waals surface area contributed by atoms with E-state index >= 15 is 0 Å². The standard InChI is InChI=1S/C13H12BrNO/c1-9-12(14)3-2-4-13(9)16-11-7-5-10(15)6-8-11/h2-8H,15H2,1H3. The number of benzene rings is 2. The zero-order chi connectivity index (χ0) is 11.5. The summed E-state index contributed by atoms with van der Waals surface area (Å²) < 4.78 is 6.80. The van der Waals surface area contributed by atoms with Crippen molar-refractivity contribution in [3.8, 4) is 11.5 Å². The Balaban J connectivity index is 2.27. The van der Waals surface area contributed by atoms with Gasteiger partial charge in [-0.25, -0.2) is 0 Å². The lowest BCUT2D eigenvalue weighted by Gasteiger charge is -2.09. The van der Waals surface area contributed by atoms with Crippen LogP contribution in [0.3, 0.4) is 0 Å². The van der Waals surface area contributed by atoms with E-state index in [1.807, 2.05) is 49.4 Å². The molecule has 16 heavy (non-hydrogen) atoms. The van der Waals surface area contributed by atoms with Crippen molar-refractivity contribution in [3.05, 3.63) is 52.5 Å². The van der Waals surface area contributed by atoms with Gasteiger partial charge in [-0.05, 0) is 43.3 Å². The summed E-state index contributed by atoms with van der Waals surface area (Å²) in [6.45, 7) is 2.01. The highest BCUT2D eigenvalue weighted by Crippen LogP contribution is 2.29. The molecule has 3 heteroatoms. The van der Waals surface area contributed by atoms with E-state index in [0.29, 0.717) is 0 Å². The minimum atomic E-state index is 0.735. The molecule has 2 aromatic rings. The first-order valence-corrected chi connectivity index (χ1v) is 5.74. The number of anilines is 1. The fraction of sp³-hybridized carbons (Fsp3) is 0.0769. The Morgan fingerprint density at radius 3 is 2.44 bits per heavy atom. The van der Waals surface area contributed by atoms with Gasteiger partial charge in [-0.2, -0.15) is 0 Å². The molecule has 0 radical (unpaired) electrons. The van der Waals surface area contributed by atoms with E-state index in [1.54, 1.807) is 0 Å². The third-order valence-corrected chi connectivity index (χ3v) is 3.18. The highest BCUT2D eigenvalue weighted by atomic mass is 79.9. The zero-order valence-electron chi connectivity index (χ0n) is 8.91. The molecule has 0 bridgehead atoms. The normalized spacial score (nSPS) is 10.1. The first-order valence-electron chi connectivity index (χ1n) is 4.95. The second-order valence-electron chi connectivity index (χ2n) is 3.53. The molecule has 2 rings (SSSR count). The second-order valence-corrected chi connectivity index (χ2v) is 4.39. The van der Waals surface area contributed by atoms with Gasteiger partial charge in [0.05, 0.1) is 0 Å². The van der Waals surface area contributed by atoms with Gasteiger partial charge in [0.15, 0.2) is 0 Å². The van der Waals surface area contributed by atoms with Gasteiger partial charge in [0.2, 0.25) is 0 Å². The Kier molecular flexibility index (Phi) is 3.15. The smallest absolute Gasteiger partial charge is 0.131 e. The van der Waals surface area contributed by atoms with Gasteiger partial charge in [-0.3, -0.25) is 0 Å². The molecule has 0 saturated heterocycles. The lowest BCUT2D eigenvalue weighted by Crippen LogP contribution is -1.89. The molecule has 0 aliphatic carbocycles. The maximum Gasteiger partial charge on any atom is 0.131 e. The van der Waals surface area contributed by atoms with Gasteiger partial charge < -0.3 is 10.5 Å². The Labute approximate surface area is 103 Å². The van der Waals surface area contributed by atoms with Crippen molar-refractivity contribution in [1.82, 2.24) is 0 Å². The van der Waals surface area contributed by atoms with Crippen molar-refractivity contribution < 1.29 is 4.74 Å². The van der Waals surface area contributed by atoms with E-state index in [0.717, 1.165) is 27.2 Å². The molecule has 0 fully saturated rings. The van der Waals surface area contributed by atoms with Crippen molar-refractivity contribution >= 4 is 21.6 Å². The lowest BCUT2D eigenvalue weighted by molar-refractivity contribution is 0.478. The summed E-state index contributed by atoms with van der Waals surface area (Å²) in [5, 5.41) is 0. The van der Waals surface area contributed by atoms with Gasteiger partial charge in [-0.1, -0.05) is 22.0 Å². The Morgan fingerprint density at radius 1 is 1.06 bits per heavy atom. The van der Waals surface area contributed by atoms with E-state index in [2.05, 4.69) is 15.9 Å². The molecular formula is C13H12BrNO. The van der Waals surface area contributed by atoms with Crippen LogP contribution in [0, 0.1) is 6.92 Å². The van der Waals surface area contributed by atoms with Crippen LogP contribution in [0.15, 0.2) is 46.9 Å². The molecule has 2 N–H and O–H groups in total. The largest absolute Gasteiger partial charge is 0.457 e. The highest BCUT2D eigenvalue weighted by molar-refractivity contribution is 9.10.